The first kappa shape index (κ1) is 11.6. The Balaban J connectivity index is 1.88. The number of rotatable bonds is 5. The highest BCUT2D eigenvalue weighted by Gasteiger charge is 2.19. The van der Waals surface area contributed by atoms with Gasteiger partial charge in [-0.15, -0.1) is 0 Å². The van der Waals surface area contributed by atoms with Crippen LogP contribution in [0.4, 0.5) is 0 Å². The van der Waals surface area contributed by atoms with Gasteiger partial charge >= 0.3 is 0 Å². The molecule has 2 heterocycles. The molecule has 1 aliphatic heterocycles. The summed E-state index contributed by atoms with van der Waals surface area (Å²) in [4.78, 5) is 0. The molecule has 1 aromatic rings. The van der Waals surface area contributed by atoms with Crippen LogP contribution in [0.25, 0.3) is 0 Å². The molecule has 0 aromatic carbocycles. The van der Waals surface area contributed by atoms with E-state index in [0.29, 0.717) is 12.1 Å². The van der Waals surface area contributed by atoms with Crippen molar-refractivity contribution >= 4 is 0 Å². The fraction of sp³-hybridized carbons (Fsp3) is 0.750. The van der Waals surface area contributed by atoms with Crippen LogP contribution >= 0.6 is 0 Å². The van der Waals surface area contributed by atoms with E-state index in [4.69, 9.17) is 4.74 Å². The van der Waals surface area contributed by atoms with Gasteiger partial charge in [0.25, 0.3) is 0 Å². The second-order valence-corrected chi connectivity index (χ2v) is 4.43. The molecule has 0 amide bonds. The highest BCUT2D eigenvalue weighted by molar-refractivity contribution is 5.06. The Hall–Kier alpha value is -0.870. The van der Waals surface area contributed by atoms with Crippen molar-refractivity contribution < 1.29 is 4.74 Å². The molecule has 4 nitrogen and oxygen atoms in total. The number of nitrogens with zero attached hydrogens (tertiary/aromatic N) is 2. The summed E-state index contributed by atoms with van der Waals surface area (Å²) in [5.41, 5.74) is 1.25. The molecule has 1 fully saturated rings. The number of aryl methyl sites for hydroxylation is 1. The van der Waals surface area contributed by atoms with Crippen molar-refractivity contribution in [2.75, 3.05) is 13.7 Å². The zero-order chi connectivity index (χ0) is 11.4. The summed E-state index contributed by atoms with van der Waals surface area (Å²) in [5.74, 6) is 0. The average Bonchev–Trinajstić information content (AvgIpc) is 2.92. The first-order valence-electron chi connectivity index (χ1n) is 6.08. The SMILES string of the molecule is CNC(CCC1CCCO1)c1ccnn1C. The monoisotopic (exact) mass is 223 g/mol. The Labute approximate surface area is 97.0 Å². The molecular formula is C12H21N3O. The van der Waals surface area contributed by atoms with Crippen LogP contribution in [0.15, 0.2) is 12.3 Å². The maximum absolute atomic E-state index is 5.65. The van der Waals surface area contributed by atoms with Gasteiger partial charge in [-0.2, -0.15) is 5.10 Å². The fourth-order valence-electron chi connectivity index (χ4n) is 2.39. The third-order valence-corrected chi connectivity index (χ3v) is 3.37. The van der Waals surface area contributed by atoms with E-state index in [-0.39, 0.29) is 0 Å². The minimum Gasteiger partial charge on any atom is -0.378 e. The quantitative estimate of drug-likeness (QED) is 0.825. The number of hydrogen-bond acceptors (Lipinski definition) is 3. The number of nitrogens with one attached hydrogen (secondary N) is 1. The Morgan fingerprint density at radius 3 is 3.12 bits per heavy atom. The van der Waals surface area contributed by atoms with E-state index in [1.807, 2.05) is 25.0 Å². The van der Waals surface area contributed by atoms with Crippen LogP contribution in [0, 0.1) is 0 Å². The average molecular weight is 223 g/mol. The molecular weight excluding hydrogens is 202 g/mol. The predicted octanol–water partition coefficient (Wildman–Crippen LogP) is 1.64. The summed E-state index contributed by atoms with van der Waals surface area (Å²) in [6, 6.07) is 2.47. The molecule has 0 aliphatic carbocycles. The van der Waals surface area contributed by atoms with Crippen molar-refractivity contribution in [1.29, 1.82) is 0 Å². The Bertz CT molecular complexity index is 318. The molecule has 1 aliphatic rings. The molecule has 1 aromatic heterocycles. The molecule has 0 spiro atoms. The molecule has 2 rings (SSSR count). The number of aromatic nitrogens is 2. The molecule has 16 heavy (non-hydrogen) atoms. The van der Waals surface area contributed by atoms with Crippen molar-refractivity contribution in [2.45, 2.75) is 37.8 Å². The maximum atomic E-state index is 5.65. The van der Waals surface area contributed by atoms with E-state index in [2.05, 4.69) is 16.5 Å². The topological polar surface area (TPSA) is 39.1 Å². The lowest BCUT2D eigenvalue weighted by Crippen LogP contribution is -2.21. The van der Waals surface area contributed by atoms with Crippen molar-refractivity contribution in [1.82, 2.24) is 15.1 Å². The van der Waals surface area contributed by atoms with Gasteiger partial charge in [0, 0.05) is 25.9 Å². The highest BCUT2D eigenvalue weighted by Crippen LogP contribution is 2.23. The smallest absolute Gasteiger partial charge is 0.0576 e. The molecule has 2 atom stereocenters. The standard InChI is InChI=1S/C12H21N3O/c1-13-11(12-7-8-14-15(12)2)6-5-10-4-3-9-16-10/h7-8,10-11,13H,3-6,9H2,1-2H3. The van der Waals surface area contributed by atoms with Crippen LogP contribution in [0.1, 0.15) is 37.4 Å². The fourth-order valence-corrected chi connectivity index (χ4v) is 2.39. The summed E-state index contributed by atoms with van der Waals surface area (Å²) in [6.45, 7) is 0.945. The lowest BCUT2D eigenvalue weighted by molar-refractivity contribution is 0.0996. The zero-order valence-corrected chi connectivity index (χ0v) is 10.1. The predicted molar refractivity (Wildman–Crippen MR) is 63.2 cm³/mol. The number of hydrogen-bond donors (Lipinski definition) is 1. The normalized spacial score (nSPS) is 22.5. The van der Waals surface area contributed by atoms with Gasteiger partial charge in [0.15, 0.2) is 0 Å². The number of ether oxygens (including phenoxy) is 1. The Morgan fingerprint density at radius 1 is 1.69 bits per heavy atom. The van der Waals surface area contributed by atoms with E-state index in [9.17, 15) is 0 Å². The summed E-state index contributed by atoms with van der Waals surface area (Å²) in [6.07, 6.45) is 7.02. The Morgan fingerprint density at radius 2 is 2.56 bits per heavy atom. The van der Waals surface area contributed by atoms with Crippen LogP contribution in [0.2, 0.25) is 0 Å². The van der Waals surface area contributed by atoms with Gasteiger partial charge in [-0.25, -0.2) is 0 Å². The third-order valence-electron chi connectivity index (χ3n) is 3.37. The van der Waals surface area contributed by atoms with E-state index >= 15 is 0 Å². The molecule has 2 unspecified atom stereocenters. The second-order valence-electron chi connectivity index (χ2n) is 4.43. The second kappa shape index (κ2) is 5.46. The Kier molecular flexibility index (Phi) is 3.96. The molecule has 0 radical (unpaired) electrons. The van der Waals surface area contributed by atoms with Crippen molar-refractivity contribution in [3.05, 3.63) is 18.0 Å². The first-order valence-corrected chi connectivity index (χ1v) is 6.08. The van der Waals surface area contributed by atoms with Crippen LogP contribution in [0.3, 0.4) is 0 Å². The molecule has 4 heteroatoms. The van der Waals surface area contributed by atoms with Gasteiger partial charge in [0.1, 0.15) is 0 Å². The lowest BCUT2D eigenvalue weighted by atomic mass is 10.0. The maximum Gasteiger partial charge on any atom is 0.0576 e. The summed E-state index contributed by atoms with van der Waals surface area (Å²) < 4.78 is 7.59. The van der Waals surface area contributed by atoms with Gasteiger partial charge < -0.3 is 10.1 Å². The molecule has 90 valence electrons. The minimum absolute atomic E-state index is 0.386. The van der Waals surface area contributed by atoms with Crippen molar-refractivity contribution in [2.24, 2.45) is 7.05 Å². The first-order chi connectivity index (χ1) is 7.81. The zero-order valence-electron chi connectivity index (χ0n) is 10.1. The van der Waals surface area contributed by atoms with Crippen molar-refractivity contribution in [3.63, 3.8) is 0 Å². The molecule has 0 bridgehead atoms. The summed E-state index contributed by atoms with van der Waals surface area (Å²) in [5, 5.41) is 7.56. The summed E-state index contributed by atoms with van der Waals surface area (Å²) >= 11 is 0. The van der Waals surface area contributed by atoms with Crippen LogP contribution in [-0.2, 0) is 11.8 Å². The lowest BCUT2D eigenvalue weighted by Gasteiger charge is -2.18. The van der Waals surface area contributed by atoms with E-state index in [0.717, 1.165) is 19.4 Å². The third kappa shape index (κ3) is 2.62. The molecule has 1 N–H and O–H groups in total. The van der Waals surface area contributed by atoms with Gasteiger partial charge in [-0.3, -0.25) is 4.68 Å². The largest absolute Gasteiger partial charge is 0.378 e. The van der Waals surface area contributed by atoms with Crippen molar-refractivity contribution in [3.8, 4) is 0 Å². The van der Waals surface area contributed by atoms with Crippen LogP contribution in [-0.4, -0.2) is 29.5 Å². The minimum atomic E-state index is 0.386. The van der Waals surface area contributed by atoms with Gasteiger partial charge in [-0.1, -0.05) is 0 Å². The molecule has 1 saturated heterocycles. The van der Waals surface area contributed by atoms with Gasteiger partial charge in [0.05, 0.1) is 11.8 Å². The highest BCUT2D eigenvalue weighted by atomic mass is 16.5. The van der Waals surface area contributed by atoms with E-state index in [1.54, 1.807) is 0 Å². The van der Waals surface area contributed by atoms with E-state index in [1.165, 1.54) is 18.5 Å². The molecule has 0 saturated carbocycles. The van der Waals surface area contributed by atoms with E-state index < -0.39 is 0 Å². The van der Waals surface area contributed by atoms with Crippen LogP contribution < -0.4 is 5.32 Å². The van der Waals surface area contributed by atoms with Crippen LogP contribution in [0.5, 0.6) is 0 Å². The van der Waals surface area contributed by atoms with Gasteiger partial charge in [-0.05, 0) is 38.8 Å². The summed E-state index contributed by atoms with van der Waals surface area (Å²) in [7, 11) is 4.00. The van der Waals surface area contributed by atoms with Gasteiger partial charge in [0.2, 0.25) is 0 Å².